The number of ether oxygens (including phenoxy) is 1. The summed E-state index contributed by atoms with van der Waals surface area (Å²) in [6.07, 6.45) is 4.32. The van der Waals surface area contributed by atoms with E-state index in [9.17, 15) is 0 Å². The lowest BCUT2D eigenvalue weighted by atomic mass is 9.99. The SMILES string of the molecule is OCCC1OC=Cc2ccccc21. The van der Waals surface area contributed by atoms with E-state index in [1.54, 1.807) is 6.26 Å². The smallest absolute Gasteiger partial charge is 0.126 e. The standard InChI is InChI=1S/C11H12O2/c12-7-5-11-10-4-2-1-3-9(10)6-8-13-11/h1-4,6,8,11-12H,5,7H2. The van der Waals surface area contributed by atoms with Crippen molar-refractivity contribution < 1.29 is 9.84 Å². The Morgan fingerprint density at radius 2 is 2.15 bits per heavy atom. The summed E-state index contributed by atoms with van der Waals surface area (Å²) in [5.41, 5.74) is 2.35. The fourth-order valence-electron chi connectivity index (χ4n) is 1.58. The third-order valence-corrected chi connectivity index (χ3v) is 2.22. The van der Waals surface area contributed by atoms with Gasteiger partial charge in [0.15, 0.2) is 0 Å². The van der Waals surface area contributed by atoms with E-state index in [-0.39, 0.29) is 12.7 Å². The maximum Gasteiger partial charge on any atom is 0.126 e. The van der Waals surface area contributed by atoms with Crippen molar-refractivity contribution in [2.45, 2.75) is 12.5 Å². The first-order valence-corrected chi connectivity index (χ1v) is 4.43. The number of aliphatic hydroxyl groups is 1. The van der Waals surface area contributed by atoms with Crippen molar-refractivity contribution in [3.05, 3.63) is 41.7 Å². The first-order chi connectivity index (χ1) is 6.42. The summed E-state index contributed by atoms with van der Waals surface area (Å²) in [6, 6.07) is 8.09. The molecular formula is C11H12O2. The number of aliphatic hydroxyl groups excluding tert-OH is 1. The molecule has 1 aromatic carbocycles. The molecule has 0 bridgehead atoms. The van der Waals surface area contributed by atoms with Crippen molar-refractivity contribution in [1.29, 1.82) is 0 Å². The van der Waals surface area contributed by atoms with E-state index >= 15 is 0 Å². The predicted octanol–water partition coefficient (Wildman–Crippen LogP) is 2.11. The Morgan fingerprint density at radius 1 is 1.31 bits per heavy atom. The molecule has 1 aliphatic rings. The van der Waals surface area contributed by atoms with Crippen LogP contribution < -0.4 is 0 Å². The molecule has 0 aromatic heterocycles. The molecular weight excluding hydrogens is 164 g/mol. The monoisotopic (exact) mass is 176 g/mol. The maximum absolute atomic E-state index is 8.84. The molecule has 0 radical (unpaired) electrons. The van der Waals surface area contributed by atoms with E-state index in [2.05, 4.69) is 6.07 Å². The molecule has 2 heteroatoms. The highest BCUT2D eigenvalue weighted by atomic mass is 16.5. The van der Waals surface area contributed by atoms with Crippen molar-refractivity contribution in [2.75, 3.05) is 6.61 Å². The van der Waals surface area contributed by atoms with E-state index in [4.69, 9.17) is 9.84 Å². The first kappa shape index (κ1) is 8.32. The minimum absolute atomic E-state index is 0.0196. The van der Waals surface area contributed by atoms with E-state index < -0.39 is 0 Å². The third-order valence-electron chi connectivity index (χ3n) is 2.22. The second-order valence-corrected chi connectivity index (χ2v) is 3.07. The van der Waals surface area contributed by atoms with Gasteiger partial charge in [-0.2, -0.15) is 0 Å². The lowest BCUT2D eigenvalue weighted by molar-refractivity contribution is 0.110. The quantitative estimate of drug-likeness (QED) is 0.747. The summed E-state index contributed by atoms with van der Waals surface area (Å²) >= 11 is 0. The molecule has 1 unspecified atom stereocenters. The number of hydrogen-bond acceptors (Lipinski definition) is 2. The molecule has 1 heterocycles. The molecule has 0 amide bonds. The second-order valence-electron chi connectivity index (χ2n) is 3.07. The zero-order valence-corrected chi connectivity index (χ0v) is 7.31. The van der Waals surface area contributed by atoms with Gasteiger partial charge in [0.05, 0.1) is 6.26 Å². The van der Waals surface area contributed by atoms with Gasteiger partial charge in [-0.25, -0.2) is 0 Å². The summed E-state index contributed by atoms with van der Waals surface area (Å²) in [5, 5.41) is 8.84. The van der Waals surface area contributed by atoms with Crippen LogP contribution in [0.2, 0.25) is 0 Å². The molecule has 2 rings (SSSR count). The van der Waals surface area contributed by atoms with Crippen LogP contribution >= 0.6 is 0 Å². The van der Waals surface area contributed by atoms with Crippen molar-refractivity contribution in [3.63, 3.8) is 0 Å². The molecule has 1 N–H and O–H groups in total. The highest BCUT2D eigenvalue weighted by Crippen LogP contribution is 2.29. The van der Waals surface area contributed by atoms with Gasteiger partial charge in [0, 0.05) is 13.0 Å². The first-order valence-electron chi connectivity index (χ1n) is 4.43. The molecule has 68 valence electrons. The van der Waals surface area contributed by atoms with Crippen molar-refractivity contribution in [3.8, 4) is 0 Å². The van der Waals surface area contributed by atoms with Crippen LogP contribution in [-0.2, 0) is 4.74 Å². The van der Waals surface area contributed by atoms with Gasteiger partial charge in [-0.15, -0.1) is 0 Å². The molecule has 0 spiro atoms. The van der Waals surface area contributed by atoms with Crippen LogP contribution in [0, 0.1) is 0 Å². The summed E-state index contributed by atoms with van der Waals surface area (Å²) in [6.45, 7) is 0.160. The average Bonchev–Trinajstić information content (AvgIpc) is 2.19. The van der Waals surface area contributed by atoms with E-state index in [1.807, 2.05) is 24.3 Å². The molecule has 13 heavy (non-hydrogen) atoms. The Labute approximate surface area is 77.5 Å². The molecule has 1 aromatic rings. The fraction of sp³-hybridized carbons (Fsp3) is 0.273. The zero-order valence-electron chi connectivity index (χ0n) is 7.31. The highest BCUT2D eigenvalue weighted by molar-refractivity contribution is 5.55. The minimum Gasteiger partial charge on any atom is -0.493 e. The summed E-state index contributed by atoms with van der Waals surface area (Å²) in [4.78, 5) is 0. The predicted molar refractivity (Wildman–Crippen MR) is 51.0 cm³/mol. The van der Waals surface area contributed by atoms with Gasteiger partial charge in [-0.3, -0.25) is 0 Å². The summed E-state index contributed by atoms with van der Waals surface area (Å²) in [5.74, 6) is 0. The molecule has 0 fully saturated rings. The van der Waals surface area contributed by atoms with Crippen molar-refractivity contribution >= 4 is 6.08 Å². The minimum atomic E-state index is 0.0196. The van der Waals surface area contributed by atoms with Gasteiger partial charge >= 0.3 is 0 Å². The van der Waals surface area contributed by atoms with Gasteiger partial charge in [-0.05, 0) is 17.2 Å². The molecule has 0 saturated carbocycles. The zero-order chi connectivity index (χ0) is 9.10. The van der Waals surface area contributed by atoms with Crippen LogP contribution in [0.3, 0.4) is 0 Å². The highest BCUT2D eigenvalue weighted by Gasteiger charge is 2.16. The van der Waals surface area contributed by atoms with Crippen LogP contribution in [0.5, 0.6) is 0 Å². The van der Waals surface area contributed by atoms with E-state index in [1.165, 1.54) is 11.1 Å². The Kier molecular flexibility index (Phi) is 2.32. The molecule has 1 atom stereocenters. The lowest BCUT2D eigenvalue weighted by Gasteiger charge is -2.21. The lowest BCUT2D eigenvalue weighted by Crippen LogP contribution is -2.07. The Morgan fingerprint density at radius 3 is 3.00 bits per heavy atom. The number of rotatable bonds is 2. The third kappa shape index (κ3) is 1.58. The fourth-order valence-corrected chi connectivity index (χ4v) is 1.58. The van der Waals surface area contributed by atoms with Gasteiger partial charge in [0.1, 0.15) is 6.10 Å². The van der Waals surface area contributed by atoms with Crippen LogP contribution in [-0.4, -0.2) is 11.7 Å². The molecule has 0 saturated heterocycles. The van der Waals surface area contributed by atoms with Gasteiger partial charge in [0.25, 0.3) is 0 Å². The molecule has 2 nitrogen and oxygen atoms in total. The summed E-state index contributed by atoms with van der Waals surface area (Å²) in [7, 11) is 0. The van der Waals surface area contributed by atoms with E-state index in [0.717, 1.165) is 0 Å². The Balaban J connectivity index is 2.32. The average molecular weight is 176 g/mol. The van der Waals surface area contributed by atoms with Crippen LogP contribution in [0.15, 0.2) is 30.5 Å². The largest absolute Gasteiger partial charge is 0.493 e. The Bertz CT molecular complexity index is 318. The van der Waals surface area contributed by atoms with Gasteiger partial charge in [0.2, 0.25) is 0 Å². The number of benzene rings is 1. The van der Waals surface area contributed by atoms with Crippen LogP contribution in [0.1, 0.15) is 23.7 Å². The number of fused-ring (bicyclic) bond motifs is 1. The van der Waals surface area contributed by atoms with Crippen molar-refractivity contribution in [1.82, 2.24) is 0 Å². The van der Waals surface area contributed by atoms with Gasteiger partial charge in [-0.1, -0.05) is 24.3 Å². The summed E-state index contributed by atoms with van der Waals surface area (Å²) < 4.78 is 5.40. The second kappa shape index (κ2) is 3.62. The van der Waals surface area contributed by atoms with E-state index in [0.29, 0.717) is 6.42 Å². The van der Waals surface area contributed by atoms with Crippen LogP contribution in [0.4, 0.5) is 0 Å². The number of hydrogen-bond donors (Lipinski definition) is 1. The van der Waals surface area contributed by atoms with Gasteiger partial charge < -0.3 is 9.84 Å². The maximum atomic E-state index is 8.84. The van der Waals surface area contributed by atoms with Crippen LogP contribution in [0.25, 0.3) is 6.08 Å². The molecule has 0 aliphatic carbocycles. The Hall–Kier alpha value is -1.28. The normalized spacial score (nSPS) is 19.3. The van der Waals surface area contributed by atoms with Crippen molar-refractivity contribution in [2.24, 2.45) is 0 Å². The topological polar surface area (TPSA) is 29.5 Å². The molecule has 1 aliphatic heterocycles.